The zero-order valence-corrected chi connectivity index (χ0v) is 14.1. The van der Waals surface area contributed by atoms with Crippen LogP contribution in [0.4, 0.5) is 11.4 Å². The first-order chi connectivity index (χ1) is 12.9. The van der Waals surface area contributed by atoms with Gasteiger partial charge in [0.25, 0.3) is 0 Å². The van der Waals surface area contributed by atoms with E-state index in [4.69, 9.17) is 4.42 Å². The van der Waals surface area contributed by atoms with E-state index in [-0.39, 0.29) is 0 Å². The first-order valence-corrected chi connectivity index (χ1v) is 8.71. The van der Waals surface area contributed by atoms with E-state index in [0.29, 0.717) is 0 Å². The Morgan fingerprint density at radius 1 is 0.577 bits per heavy atom. The molecule has 124 valence electrons. The Kier molecular flexibility index (Phi) is 3.46. The SMILES string of the molecule is c1ccc(Nc2cccc(-c3cccc4c3oc3ccccc34)c2)cc1. The summed E-state index contributed by atoms with van der Waals surface area (Å²) in [5.41, 5.74) is 6.23. The molecule has 0 unspecified atom stereocenters. The Bertz CT molecular complexity index is 1200. The Hall–Kier alpha value is -3.52. The summed E-state index contributed by atoms with van der Waals surface area (Å²) in [6, 6.07) is 33.2. The van der Waals surface area contributed by atoms with Crippen LogP contribution < -0.4 is 5.32 Å². The van der Waals surface area contributed by atoms with E-state index in [0.717, 1.165) is 44.4 Å². The molecule has 0 saturated heterocycles. The van der Waals surface area contributed by atoms with Crippen LogP contribution in [-0.2, 0) is 0 Å². The van der Waals surface area contributed by atoms with E-state index in [1.54, 1.807) is 0 Å². The molecule has 0 amide bonds. The third-order valence-electron chi connectivity index (χ3n) is 4.64. The molecular weight excluding hydrogens is 318 g/mol. The molecule has 26 heavy (non-hydrogen) atoms. The fraction of sp³-hybridized carbons (Fsp3) is 0. The van der Waals surface area contributed by atoms with Gasteiger partial charge in [-0.15, -0.1) is 0 Å². The summed E-state index contributed by atoms with van der Waals surface area (Å²) in [4.78, 5) is 0. The van der Waals surface area contributed by atoms with Crippen LogP contribution >= 0.6 is 0 Å². The summed E-state index contributed by atoms with van der Waals surface area (Å²) in [6.07, 6.45) is 0. The molecule has 0 fully saturated rings. The van der Waals surface area contributed by atoms with E-state index in [2.05, 4.69) is 66.0 Å². The van der Waals surface area contributed by atoms with Crippen LogP contribution in [-0.4, -0.2) is 0 Å². The van der Waals surface area contributed by atoms with Crippen molar-refractivity contribution < 1.29 is 4.42 Å². The number of anilines is 2. The summed E-state index contributed by atoms with van der Waals surface area (Å²) in [6.45, 7) is 0. The summed E-state index contributed by atoms with van der Waals surface area (Å²) in [5, 5.41) is 5.77. The van der Waals surface area contributed by atoms with Gasteiger partial charge in [0.05, 0.1) is 0 Å². The topological polar surface area (TPSA) is 25.2 Å². The van der Waals surface area contributed by atoms with E-state index in [9.17, 15) is 0 Å². The van der Waals surface area contributed by atoms with E-state index in [1.165, 1.54) is 0 Å². The zero-order chi connectivity index (χ0) is 17.3. The molecule has 0 radical (unpaired) electrons. The molecule has 0 bridgehead atoms. The highest BCUT2D eigenvalue weighted by atomic mass is 16.3. The van der Waals surface area contributed by atoms with Gasteiger partial charge in [-0.05, 0) is 35.9 Å². The van der Waals surface area contributed by atoms with Crippen molar-refractivity contribution in [3.63, 3.8) is 0 Å². The van der Waals surface area contributed by atoms with Crippen molar-refractivity contribution in [2.75, 3.05) is 5.32 Å². The number of benzene rings is 4. The van der Waals surface area contributed by atoms with Crippen LogP contribution in [0.25, 0.3) is 33.1 Å². The molecule has 1 aromatic heterocycles. The summed E-state index contributed by atoms with van der Waals surface area (Å²) in [7, 11) is 0. The molecule has 0 aliphatic carbocycles. The van der Waals surface area contributed by atoms with Gasteiger partial charge < -0.3 is 9.73 Å². The van der Waals surface area contributed by atoms with Gasteiger partial charge in [-0.25, -0.2) is 0 Å². The van der Waals surface area contributed by atoms with Crippen molar-refractivity contribution in [2.24, 2.45) is 0 Å². The summed E-state index contributed by atoms with van der Waals surface area (Å²) < 4.78 is 6.18. The molecule has 5 rings (SSSR count). The molecular formula is C24H17NO. The van der Waals surface area contributed by atoms with Crippen LogP contribution in [0.1, 0.15) is 0 Å². The highest BCUT2D eigenvalue weighted by Gasteiger charge is 2.11. The fourth-order valence-electron chi connectivity index (χ4n) is 3.43. The first-order valence-electron chi connectivity index (χ1n) is 8.71. The molecule has 0 aliphatic heterocycles. The Morgan fingerprint density at radius 3 is 2.23 bits per heavy atom. The van der Waals surface area contributed by atoms with Gasteiger partial charge in [-0.3, -0.25) is 0 Å². The largest absolute Gasteiger partial charge is 0.455 e. The molecule has 0 atom stereocenters. The Balaban J connectivity index is 1.63. The maximum atomic E-state index is 6.18. The quantitative estimate of drug-likeness (QED) is 0.384. The molecule has 5 aromatic rings. The second-order valence-electron chi connectivity index (χ2n) is 6.35. The van der Waals surface area contributed by atoms with Gasteiger partial charge in [-0.1, -0.05) is 66.7 Å². The molecule has 1 heterocycles. The predicted octanol–water partition coefficient (Wildman–Crippen LogP) is 7.00. The fourth-order valence-corrected chi connectivity index (χ4v) is 3.43. The lowest BCUT2D eigenvalue weighted by atomic mass is 10.0. The number of hydrogen-bond donors (Lipinski definition) is 1. The van der Waals surface area contributed by atoms with Gasteiger partial charge in [0.1, 0.15) is 11.2 Å². The van der Waals surface area contributed by atoms with E-state index < -0.39 is 0 Å². The van der Waals surface area contributed by atoms with Gasteiger partial charge >= 0.3 is 0 Å². The highest BCUT2D eigenvalue weighted by molar-refractivity contribution is 6.09. The lowest BCUT2D eigenvalue weighted by molar-refractivity contribution is 0.670. The van der Waals surface area contributed by atoms with Crippen LogP contribution in [0, 0.1) is 0 Å². The van der Waals surface area contributed by atoms with Gasteiger partial charge in [0.15, 0.2) is 0 Å². The number of rotatable bonds is 3. The number of furan rings is 1. The van der Waals surface area contributed by atoms with Gasteiger partial charge in [0.2, 0.25) is 0 Å². The van der Waals surface area contributed by atoms with Crippen molar-refractivity contribution >= 4 is 33.3 Å². The number of nitrogens with one attached hydrogen (secondary N) is 1. The van der Waals surface area contributed by atoms with Crippen LogP contribution in [0.3, 0.4) is 0 Å². The number of para-hydroxylation sites is 3. The van der Waals surface area contributed by atoms with Gasteiger partial charge in [0, 0.05) is 27.7 Å². The van der Waals surface area contributed by atoms with E-state index in [1.807, 2.05) is 36.4 Å². The molecule has 2 nitrogen and oxygen atoms in total. The summed E-state index contributed by atoms with van der Waals surface area (Å²) >= 11 is 0. The first kappa shape index (κ1) is 14.8. The summed E-state index contributed by atoms with van der Waals surface area (Å²) in [5.74, 6) is 0. The van der Waals surface area contributed by atoms with Crippen LogP contribution in [0.15, 0.2) is 101 Å². The molecule has 0 aliphatic rings. The predicted molar refractivity (Wildman–Crippen MR) is 109 cm³/mol. The average molecular weight is 335 g/mol. The smallest absolute Gasteiger partial charge is 0.143 e. The normalized spacial score (nSPS) is 11.1. The lowest BCUT2D eigenvalue weighted by Gasteiger charge is -2.09. The molecule has 1 N–H and O–H groups in total. The maximum Gasteiger partial charge on any atom is 0.143 e. The van der Waals surface area contributed by atoms with Crippen molar-refractivity contribution in [1.82, 2.24) is 0 Å². The zero-order valence-electron chi connectivity index (χ0n) is 14.1. The minimum Gasteiger partial charge on any atom is -0.455 e. The second-order valence-corrected chi connectivity index (χ2v) is 6.35. The molecule has 0 spiro atoms. The van der Waals surface area contributed by atoms with Crippen molar-refractivity contribution in [1.29, 1.82) is 0 Å². The number of hydrogen-bond acceptors (Lipinski definition) is 2. The van der Waals surface area contributed by atoms with Gasteiger partial charge in [-0.2, -0.15) is 0 Å². The molecule has 4 aromatic carbocycles. The maximum absolute atomic E-state index is 6.18. The number of fused-ring (bicyclic) bond motifs is 3. The minimum atomic E-state index is 0.925. The Labute approximate surface area is 151 Å². The third-order valence-corrected chi connectivity index (χ3v) is 4.64. The standard InChI is InChI=1S/C24H17NO/c1-2-9-18(10-3-1)25-19-11-6-8-17(16-19)20-13-7-14-22-21-12-4-5-15-23(21)26-24(20)22/h1-16,25H. The van der Waals surface area contributed by atoms with Crippen molar-refractivity contribution in [3.05, 3.63) is 97.1 Å². The highest BCUT2D eigenvalue weighted by Crippen LogP contribution is 2.36. The molecule has 2 heteroatoms. The van der Waals surface area contributed by atoms with Crippen molar-refractivity contribution in [2.45, 2.75) is 0 Å². The van der Waals surface area contributed by atoms with E-state index >= 15 is 0 Å². The monoisotopic (exact) mass is 335 g/mol. The van der Waals surface area contributed by atoms with Crippen molar-refractivity contribution in [3.8, 4) is 11.1 Å². The Morgan fingerprint density at radius 2 is 1.31 bits per heavy atom. The lowest BCUT2D eigenvalue weighted by Crippen LogP contribution is -1.90. The average Bonchev–Trinajstić information content (AvgIpc) is 3.08. The minimum absolute atomic E-state index is 0.925. The van der Waals surface area contributed by atoms with Crippen LogP contribution in [0.5, 0.6) is 0 Å². The second kappa shape index (κ2) is 6.08. The third kappa shape index (κ3) is 2.52. The molecule has 0 saturated carbocycles. The van der Waals surface area contributed by atoms with Crippen LogP contribution in [0.2, 0.25) is 0 Å².